The van der Waals surface area contributed by atoms with E-state index in [1.807, 2.05) is 43.3 Å². The highest BCUT2D eigenvalue weighted by Crippen LogP contribution is 2.48. The van der Waals surface area contributed by atoms with Gasteiger partial charge in [-0.25, -0.2) is 0 Å². The lowest BCUT2D eigenvalue weighted by Gasteiger charge is -2.25. The van der Waals surface area contributed by atoms with Gasteiger partial charge in [0.2, 0.25) is 11.8 Å². The summed E-state index contributed by atoms with van der Waals surface area (Å²) in [5.41, 5.74) is 10.7. The Morgan fingerprint density at radius 2 is 1.90 bits per heavy atom. The number of ether oxygens (including phenoxy) is 3. The van der Waals surface area contributed by atoms with Crippen molar-refractivity contribution in [2.75, 3.05) is 14.2 Å². The summed E-state index contributed by atoms with van der Waals surface area (Å²) in [5.74, 6) is 1.11. The summed E-state index contributed by atoms with van der Waals surface area (Å²) in [6.07, 6.45) is 0. The van der Waals surface area contributed by atoms with Crippen LogP contribution in [0.1, 0.15) is 22.6 Å². The fourth-order valence-electron chi connectivity index (χ4n) is 3.55. The zero-order chi connectivity index (χ0) is 20.5. The summed E-state index contributed by atoms with van der Waals surface area (Å²) < 4.78 is 16.6. The quantitative estimate of drug-likeness (QED) is 0.707. The number of H-pyrrole nitrogens is 1. The number of methoxy groups -OCH3 is 2. The minimum atomic E-state index is -0.500. The molecular formula is C22H20N4O3. The van der Waals surface area contributed by atoms with E-state index >= 15 is 0 Å². The molecule has 0 radical (unpaired) electrons. The van der Waals surface area contributed by atoms with Crippen molar-refractivity contribution >= 4 is 0 Å². The highest BCUT2D eigenvalue weighted by atomic mass is 16.5. The van der Waals surface area contributed by atoms with E-state index in [1.54, 1.807) is 20.3 Å². The second kappa shape index (κ2) is 7.24. The van der Waals surface area contributed by atoms with Gasteiger partial charge < -0.3 is 19.9 Å². The van der Waals surface area contributed by atoms with E-state index in [-0.39, 0.29) is 5.88 Å². The van der Waals surface area contributed by atoms with Crippen LogP contribution in [0.2, 0.25) is 0 Å². The molecule has 2 heterocycles. The van der Waals surface area contributed by atoms with Gasteiger partial charge in [-0.3, -0.25) is 5.10 Å². The SMILES string of the molecule is COc1ccc([C@@H]2C(C#N)=C(N)Oc3n[nH]c(-c4ccc(C)cc4)c32)c(OC)c1. The monoisotopic (exact) mass is 388 g/mol. The van der Waals surface area contributed by atoms with Crippen molar-refractivity contribution in [3.05, 3.63) is 70.6 Å². The number of aromatic nitrogens is 2. The third kappa shape index (κ3) is 3.05. The average molecular weight is 388 g/mol. The average Bonchev–Trinajstić information content (AvgIpc) is 3.16. The smallest absolute Gasteiger partial charge is 0.244 e. The fourth-order valence-corrected chi connectivity index (χ4v) is 3.55. The Morgan fingerprint density at radius 1 is 1.14 bits per heavy atom. The molecule has 1 aromatic heterocycles. The Morgan fingerprint density at radius 3 is 2.55 bits per heavy atom. The molecule has 7 heteroatoms. The number of allylic oxidation sites excluding steroid dienone is 1. The topological polar surface area (TPSA) is 106 Å². The molecule has 0 aliphatic carbocycles. The van der Waals surface area contributed by atoms with Gasteiger partial charge in [-0.2, -0.15) is 5.26 Å². The summed E-state index contributed by atoms with van der Waals surface area (Å²) in [4.78, 5) is 0. The van der Waals surface area contributed by atoms with Crippen molar-refractivity contribution in [2.24, 2.45) is 5.73 Å². The molecule has 7 nitrogen and oxygen atoms in total. The van der Waals surface area contributed by atoms with Crippen LogP contribution in [0, 0.1) is 18.3 Å². The number of hydrogen-bond donors (Lipinski definition) is 2. The van der Waals surface area contributed by atoms with E-state index in [9.17, 15) is 5.26 Å². The molecule has 1 aliphatic heterocycles. The zero-order valence-electron chi connectivity index (χ0n) is 16.3. The van der Waals surface area contributed by atoms with Crippen LogP contribution in [0.25, 0.3) is 11.3 Å². The number of benzene rings is 2. The van der Waals surface area contributed by atoms with Gasteiger partial charge in [0.15, 0.2) is 0 Å². The van der Waals surface area contributed by atoms with Gasteiger partial charge in [0.25, 0.3) is 0 Å². The Bertz CT molecular complexity index is 1140. The van der Waals surface area contributed by atoms with Crippen LogP contribution in [-0.2, 0) is 0 Å². The second-order valence-electron chi connectivity index (χ2n) is 6.72. The maximum atomic E-state index is 9.85. The zero-order valence-corrected chi connectivity index (χ0v) is 16.3. The minimum Gasteiger partial charge on any atom is -0.497 e. The lowest BCUT2D eigenvalue weighted by molar-refractivity contribution is 0.373. The van der Waals surface area contributed by atoms with Crippen LogP contribution in [0.5, 0.6) is 17.4 Å². The van der Waals surface area contributed by atoms with Crippen LogP contribution in [0.15, 0.2) is 53.9 Å². The predicted octanol–water partition coefficient (Wildman–Crippen LogP) is 3.62. The van der Waals surface area contributed by atoms with Crippen LogP contribution in [-0.4, -0.2) is 24.4 Å². The number of aryl methyl sites for hydroxylation is 1. The minimum absolute atomic E-state index is 0.0322. The molecule has 2 aromatic carbocycles. The third-order valence-electron chi connectivity index (χ3n) is 5.03. The van der Waals surface area contributed by atoms with E-state index in [1.165, 1.54) is 0 Å². The molecular weight excluding hydrogens is 368 g/mol. The van der Waals surface area contributed by atoms with E-state index in [0.29, 0.717) is 23.0 Å². The maximum Gasteiger partial charge on any atom is 0.244 e. The number of nitriles is 1. The molecule has 0 saturated heterocycles. The molecule has 0 saturated carbocycles. The Labute approximate surface area is 168 Å². The van der Waals surface area contributed by atoms with Crippen molar-refractivity contribution in [3.8, 4) is 34.7 Å². The number of nitrogens with one attached hydrogen (secondary N) is 1. The molecule has 146 valence electrons. The number of nitrogens with zero attached hydrogens (tertiary/aromatic N) is 2. The highest BCUT2D eigenvalue weighted by molar-refractivity contribution is 5.72. The fraction of sp³-hybridized carbons (Fsp3) is 0.182. The van der Waals surface area contributed by atoms with Gasteiger partial charge in [0.05, 0.1) is 31.4 Å². The molecule has 3 aromatic rings. The molecule has 1 atom stereocenters. The first kappa shape index (κ1) is 18.4. The third-order valence-corrected chi connectivity index (χ3v) is 5.03. The first-order chi connectivity index (χ1) is 14.1. The van der Waals surface area contributed by atoms with Crippen molar-refractivity contribution in [2.45, 2.75) is 12.8 Å². The van der Waals surface area contributed by atoms with Gasteiger partial charge in [0, 0.05) is 17.2 Å². The molecule has 0 spiro atoms. The lowest BCUT2D eigenvalue weighted by atomic mass is 9.82. The van der Waals surface area contributed by atoms with Gasteiger partial charge in [-0.1, -0.05) is 35.9 Å². The van der Waals surface area contributed by atoms with Crippen molar-refractivity contribution in [3.63, 3.8) is 0 Å². The number of aromatic amines is 1. The molecule has 4 rings (SSSR count). The van der Waals surface area contributed by atoms with Crippen molar-refractivity contribution in [1.29, 1.82) is 5.26 Å². The second-order valence-corrected chi connectivity index (χ2v) is 6.72. The Kier molecular flexibility index (Phi) is 4.61. The largest absolute Gasteiger partial charge is 0.497 e. The number of rotatable bonds is 4. The molecule has 0 unspecified atom stereocenters. The summed E-state index contributed by atoms with van der Waals surface area (Å²) in [6.45, 7) is 2.03. The van der Waals surface area contributed by atoms with E-state index in [2.05, 4.69) is 16.3 Å². The molecule has 1 aliphatic rings. The summed E-state index contributed by atoms with van der Waals surface area (Å²) in [6, 6.07) is 15.7. The van der Waals surface area contributed by atoms with Crippen LogP contribution >= 0.6 is 0 Å². The highest BCUT2D eigenvalue weighted by Gasteiger charge is 2.37. The molecule has 0 amide bonds. The molecule has 29 heavy (non-hydrogen) atoms. The van der Waals surface area contributed by atoms with Gasteiger partial charge in [-0.15, -0.1) is 5.10 Å². The van der Waals surface area contributed by atoms with Gasteiger partial charge >= 0.3 is 0 Å². The molecule has 0 fully saturated rings. The van der Waals surface area contributed by atoms with Crippen molar-refractivity contribution in [1.82, 2.24) is 10.2 Å². The Balaban J connectivity index is 1.96. The molecule has 0 bridgehead atoms. The van der Waals surface area contributed by atoms with Crippen molar-refractivity contribution < 1.29 is 14.2 Å². The van der Waals surface area contributed by atoms with E-state index in [4.69, 9.17) is 19.9 Å². The van der Waals surface area contributed by atoms with Gasteiger partial charge in [-0.05, 0) is 13.0 Å². The normalized spacial score (nSPS) is 15.3. The van der Waals surface area contributed by atoms with Gasteiger partial charge in [0.1, 0.15) is 23.1 Å². The number of fused-ring (bicyclic) bond motifs is 1. The maximum absolute atomic E-state index is 9.85. The Hall–Kier alpha value is -3.92. The number of nitrogens with two attached hydrogens (primary N) is 1. The van der Waals surface area contributed by atoms with Crippen LogP contribution < -0.4 is 19.9 Å². The summed E-state index contributed by atoms with van der Waals surface area (Å²) >= 11 is 0. The lowest BCUT2D eigenvalue weighted by Crippen LogP contribution is -2.21. The first-order valence-electron chi connectivity index (χ1n) is 9.02. The predicted molar refractivity (Wildman–Crippen MR) is 108 cm³/mol. The van der Waals surface area contributed by atoms with E-state index in [0.717, 1.165) is 27.9 Å². The standard InChI is InChI=1S/C22H20N4O3/c1-12-4-6-13(7-5-12)20-19-18(15-9-8-14(27-2)10-17(15)28-3)16(11-23)21(24)29-22(19)26-25-20/h4-10,18H,24H2,1-3H3,(H,25,26)/t18-/m1/s1. The number of hydrogen-bond acceptors (Lipinski definition) is 6. The van der Waals surface area contributed by atoms with Crippen LogP contribution in [0.4, 0.5) is 0 Å². The first-order valence-corrected chi connectivity index (χ1v) is 9.02. The molecule has 3 N–H and O–H groups in total. The van der Waals surface area contributed by atoms with Crippen LogP contribution in [0.3, 0.4) is 0 Å². The summed E-state index contributed by atoms with van der Waals surface area (Å²) in [5, 5.41) is 17.2. The summed E-state index contributed by atoms with van der Waals surface area (Å²) in [7, 11) is 3.17. The van der Waals surface area contributed by atoms with E-state index < -0.39 is 5.92 Å².